The first-order valence-corrected chi connectivity index (χ1v) is 13.4. The number of thioether (sulfide) groups is 1. The van der Waals surface area contributed by atoms with E-state index in [1.807, 2.05) is 12.1 Å². The molecule has 0 bridgehead atoms. The summed E-state index contributed by atoms with van der Waals surface area (Å²) in [6.07, 6.45) is -1.12. The maximum atomic E-state index is 15.2. The number of rotatable bonds is 5. The highest BCUT2D eigenvalue weighted by Crippen LogP contribution is 2.47. The van der Waals surface area contributed by atoms with Crippen molar-refractivity contribution in [2.45, 2.75) is 28.6 Å². The van der Waals surface area contributed by atoms with Gasteiger partial charge in [-0.2, -0.15) is 0 Å². The van der Waals surface area contributed by atoms with Crippen molar-refractivity contribution in [3.05, 3.63) is 76.2 Å². The van der Waals surface area contributed by atoms with Gasteiger partial charge in [0.15, 0.2) is 17.3 Å². The van der Waals surface area contributed by atoms with E-state index in [2.05, 4.69) is 16.4 Å². The quantitative estimate of drug-likeness (QED) is 0.183. The molecule has 2 aromatic carbocycles. The van der Waals surface area contributed by atoms with Gasteiger partial charge < -0.3 is 23.8 Å². The lowest BCUT2D eigenvalue weighted by Gasteiger charge is -2.50. The normalized spacial score (nSPS) is 22.9. The molecule has 3 atom stereocenters. The number of hydrogen-bond donors (Lipinski definition) is 1. The molecule has 0 saturated carbocycles. The smallest absolute Gasteiger partial charge is 0.449 e. The summed E-state index contributed by atoms with van der Waals surface area (Å²) in [5.74, 6) is -5.34. The van der Waals surface area contributed by atoms with Crippen molar-refractivity contribution in [2.24, 2.45) is 4.99 Å². The number of nitrogens with zero attached hydrogens (tertiary/aromatic N) is 3. The van der Waals surface area contributed by atoms with E-state index in [0.717, 1.165) is 18.1 Å². The molecule has 14 heteroatoms. The Balaban J connectivity index is 1.71. The fourth-order valence-electron chi connectivity index (χ4n) is 5.37. The number of methoxy groups -OCH3 is 1. The number of carbonyl (C=O) groups is 3. The maximum absolute atomic E-state index is 15.2. The molecule has 5 rings (SSSR count). The average Bonchev–Trinajstić information content (AvgIpc) is 3.15. The van der Waals surface area contributed by atoms with Crippen LogP contribution in [0.1, 0.15) is 22.6 Å². The Kier molecular flexibility index (Phi) is 8.24. The van der Waals surface area contributed by atoms with Gasteiger partial charge >= 0.3 is 12.1 Å². The zero-order valence-corrected chi connectivity index (χ0v) is 22.6. The molecule has 216 valence electrons. The minimum atomic E-state index is -1.12. The van der Waals surface area contributed by atoms with Crippen LogP contribution in [0.2, 0.25) is 0 Å². The van der Waals surface area contributed by atoms with Crippen molar-refractivity contribution in [2.75, 3.05) is 33.7 Å². The molecule has 2 amide bonds. The van der Waals surface area contributed by atoms with Crippen molar-refractivity contribution >= 4 is 36.4 Å². The second-order valence-electron chi connectivity index (χ2n) is 9.21. The van der Waals surface area contributed by atoms with Crippen LogP contribution in [-0.2, 0) is 34.3 Å². The first-order chi connectivity index (χ1) is 19.8. The monoisotopic (exact) mass is 589 g/mol. The fourth-order valence-corrected chi connectivity index (χ4v) is 6.50. The molecule has 2 aromatic rings. The van der Waals surface area contributed by atoms with Gasteiger partial charge in [0.25, 0.3) is 5.91 Å². The number of piperazine rings is 1. The number of amides is 2. The molecule has 0 aliphatic carbocycles. The summed E-state index contributed by atoms with van der Waals surface area (Å²) in [5, 5.41) is 12.4. The molecule has 41 heavy (non-hydrogen) atoms. The number of carbonyl (C=O) groups excluding carboxylic acids is 3. The van der Waals surface area contributed by atoms with Gasteiger partial charge in [-0.3, -0.25) is 14.8 Å². The minimum absolute atomic E-state index is 0.0147. The van der Waals surface area contributed by atoms with E-state index in [0.29, 0.717) is 16.2 Å². The van der Waals surface area contributed by atoms with Crippen LogP contribution in [-0.4, -0.2) is 85.6 Å². The van der Waals surface area contributed by atoms with Crippen molar-refractivity contribution in [3.63, 3.8) is 0 Å². The van der Waals surface area contributed by atoms with Gasteiger partial charge in [0.05, 0.1) is 32.4 Å². The van der Waals surface area contributed by atoms with E-state index in [9.17, 15) is 24.0 Å². The van der Waals surface area contributed by atoms with Crippen LogP contribution >= 0.6 is 11.8 Å². The van der Waals surface area contributed by atoms with Crippen LogP contribution in [0.15, 0.2) is 57.7 Å². The SMILES string of the molecule is C=NC(=O)/C(OCOC(=O)OC)=C1/C(=O)N2CCOCC2C(C2c3ccccc3SCc3c2ccc(F)c3F)N1O. The molecule has 11 nitrogen and oxygen atoms in total. The number of ether oxygens (including phenoxy) is 4. The van der Waals surface area contributed by atoms with E-state index in [-0.39, 0.29) is 31.1 Å². The standard InChI is InChI=1S/C27H25F2N3O8S/c1-30-25(33)24(39-13-40-27(35)37-2)23-26(34)31-9-10-38-11-18(31)22(32(23)36)20-14-7-8-17(28)21(29)16(14)12-41-19-6-4-3-5-15(19)20/h3-8,18,20,22,36H,1,9-13H2,2H3/b24-23+. The summed E-state index contributed by atoms with van der Waals surface area (Å²) in [6.45, 7) is 2.64. The van der Waals surface area contributed by atoms with Crippen molar-refractivity contribution in [1.82, 2.24) is 9.96 Å². The lowest BCUT2D eigenvalue weighted by atomic mass is 9.78. The molecular weight excluding hydrogens is 564 g/mol. The van der Waals surface area contributed by atoms with Crippen LogP contribution in [0, 0.1) is 11.6 Å². The van der Waals surface area contributed by atoms with Crippen LogP contribution in [0.4, 0.5) is 13.6 Å². The van der Waals surface area contributed by atoms with Crippen LogP contribution in [0.3, 0.4) is 0 Å². The molecule has 3 heterocycles. The third kappa shape index (κ3) is 5.13. The summed E-state index contributed by atoms with van der Waals surface area (Å²) < 4.78 is 49.7. The summed E-state index contributed by atoms with van der Waals surface area (Å²) in [5.41, 5.74) is 0.615. The third-order valence-corrected chi connectivity index (χ3v) is 8.29. The molecule has 1 N–H and O–H groups in total. The summed E-state index contributed by atoms with van der Waals surface area (Å²) in [4.78, 5) is 43.5. The van der Waals surface area contributed by atoms with E-state index in [1.54, 1.807) is 12.1 Å². The second-order valence-corrected chi connectivity index (χ2v) is 10.2. The highest BCUT2D eigenvalue weighted by Gasteiger charge is 2.52. The summed E-state index contributed by atoms with van der Waals surface area (Å²) in [7, 11) is 1.07. The Morgan fingerprint density at radius 3 is 2.73 bits per heavy atom. The lowest BCUT2D eigenvalue weighted by molar-refractivity contribution is -0.187. The molecule has 2 fully saturated rings. The highest BCUT2D eigenvalue weighted by atomic mass is 32.2. The largest absolute Gasteiger partial charge is 0.510 e. The fraction of sp³-hybridized carbons (Fsp3) is 0.333. The van der Waals surface area contributed by atoms with Crippen molar-refractivity contribution in [1.29, 1.82) is 0 Å². The first-order valence-electron chi connectivity index (χ1n) is 12.4. The Bertz CT molecular complexity index is 1440. The van der Waals surface area contributed by atoms with Crippen LogP contribution in [0.25, 0.3) is 0 Å². The molecular formula is C27H25F2N3O8S. The van der Waals surface area contributed by atoms with Crippen LogP contribution in [0.5, 0.6) is 0 Å². The van der Waals surface area contributed by atoms with Crippen molar-refractivity contribution < 1.29 is 47.3 Å². The molecule has 3 aliphatic heterocycles. The zero-order chi connectivity index (χ0) is 29.3. The number of halogens is 2. The van der Waals surface area contributed by atoms with E-state index < -0.39 is 65.9 Å². The predicted molar refractivity (Wildman–Crippen MR) is 139 cm³/mol. The Hall–Kier alpha value is -4.01. The van der Waals surface area contributed by atoms with Gasteiger partial charge in [-0.05, 0) is 30.0 Å². The van der Waals surface area contributed by atoms with Gasteiger partial charge in [-0.1, -0.05) is 24.3 Å². The van der Waals surface area contributed by atoms with Gasteiger partial charge in [-0.15, -0.1) is 11.8 Å². The highest BCUT2D eigenvalue weighted by molar-refractivity contribution is 7.98. The van der Waals surface area contributed by atoms with Gasteiger partial charge in [-0.25, -0.2) is 23.6 Å². The molecule has 0 spiro atoms. The minimum Gasteiger partial charge on any atom is -0.449 e. The number of hydrogen-bond acceptors (Lipinski definition) is 10. The second kappa shape index (κ2) is 11.8. The van der Waals surface area contributed by atoms with Gasteiger partial charge in [0.1, 0.15) is 0 Å². The van der Waals surface area contributed by atoms with Crippen LogP contribution < -0.4 is 0 Å². The number of aliphatic imine (C=N–C) groups is 1. The Labute approximate surface area is 237 Å². The lowest BCUT2D eigenvalue weighted by Crippen LogP contribution is -2.66. The Morgan fingerprint density at radius 2 is 1.98 bits per heavy atom. The molecule has 0 radical (unpaired) electrons. The number of benzene rings is 2. The third-order valence-electron chi connectivity index (χ3n) is 7.17. The van der Waals surface area contributed by atoms with Crippen molar-refractivity contribution in [3.8, 4) is 0 Å². The molecule has 3 aliphatic rings. The predicted octanol–water partition coefficient (Wildman–Crippen LogP) is 3.20. The average molecular weight is 590 g/mol. The number of hydroxylamine groups is 2. The van der Waals surface area contributed by atoms with Gasteiger partial charge in [0, 0.05) is 28.7 Å². The molecule has 0 aromatic heterocycles. The first kappa shape index (κ1) is 28.5. The zero-order valence-electron chi connectivity index (χ0n) is 21.7. The van der Waals surface area contributed by atoms with E-state index in [1.165, 1.54) is 22.7 Å². The summed E-state index contributed by atoms with van der Waals surface area (Å²) >= 11 is 1.31. The molecule has 2 saturated heterocycles. The molecule has 3 unspecified atom stereocenters. The number of fused-ring (bicyclic) bond motifs is 3. The maximum Gasteiger partial charge on any atom is 0.510 e. The topological polar surface area (TPSA) is 127 Å². The van der Waals surface area contributed by atoms with Gasteiger partial charge in [0.2, 0.25) is 12.6 Å². The summed E-state index contributed by atoms with van der Waals surface area (Å²) in [6, 6.07) is 7.87. The number of morpholine rings is 1. The van der Waals surface area contributed by atoms with E-state index in [4.69, 9.17) is 14.2 Å². The van der Waals surface area contributed by atoms with E-state index >= 15 is 4.39 Å². The Morgan fingerprint density at radius 1 is 1.20 bits per heavy atom.